The van der Waals surface area contributed by atoms with Crippen LogP contribution < -0.4 is 10.6 Å². The van der Waals surface area contributed by atoms with Gasteiger partial charge in [-0.25, -0.2) is 9.18 Å². The molecule has 2 N–H and O–H groups in total. The summed E-state index contributed by atoms with van der Waals surface area (Å²) in [7, 11) is 0. The number of carbonyl (C=O) groups is 1. The first kappa shape index (κ1) is 11.9. The summed E-state index contributed by atoms with van der Waals surface area (Å²) in [5, 5.41) is 5.39. The molecular weight excluding hydrogens is 219 g/mol. The molecule has 17 heavy (non-hydrogen) atoms. The molecule has 1 aromatic carbocycles. The van der Waals surface area contributed by atoms with Gasteiger partial charge in [0.2, 0.25) is 0 Å². The highest BCUT2D eigenvalue weighted by atomic mass is 19.1. The second kappa shape index (κ2) is 5.17. The van der Waals surface area contributed by atoms with Crippen molar-refractivity contribution in [2.24, 2.45) is 0 Å². The fourth-order valence-corrected chi connectivity index (χ4v) is 2.14. The maximum absolute atomic E-state index is 13.5. The number of carbonyl (C=O) groups excluding carboxylic acids is 1. The molecule has 92 valence electrons. The summed E-state index contributed by atoms with van der Waals surface area (Å²) in [6.45, 7) is 1.81. The van der Waals surface area contributed by atoms with E-state index in [1.807, 2.05) is 6.92 Å². The Kier molecular flexibility index (Phi) is 3.61. The zero-order valence-corrected chi connectivity index (χ0v) is 9.92. The monoisotopic (exact) mass is 236 g/mol. The molecule has 1 aliphatic carbocycles. The van der Waals surface area contributed by atoms with Gasteiger partial charge in [-0.15, -0.1) is 0 Å². The van der Waals surface area contributed by atoms with E-state index in [1.54, 1.807) is 12.1 Å². The van der Waals surface area contributed by atoms with Gasteiger partial charge in [-0.2, -0.15) is 0 Å². The lowest BCUT2D eigenvalue weighted by Gasteiger charge is -2.13. The number of hydrogen-bond acceptors (Lipinski definition) is 1. The normalized spacial score (nSPS) is 15.9. The van der Waals surface area contributed by atoms with Crippen LogP contribution in [0.1, 0.15) is 31.2 Å². The average molecular weight is 236 g/mol. The zero-order chi connectivity index (χ0) is 12.3. The van der Waals surface area contributed by atoms with E-state index in [0.717, 1.165) is 31.2 Å². The van der Waals surface area contributed by atoms with Crippen molar-refractivity contribution < 1.29 is 9.18 Å². The Morgan fingerprint density at radius 1 is 1.35 bits per heavy atom. The Balaban J connectivity index is 1.93. The van der Waals surface area contributed by atoms with E-state index in [1.165, 1.54) is 6.07 Å². The van der Waals surface area contributed by atoms with Crippen molar-refractivity contribution in [1.82, 2.24) is 5.32 Å². The number of benzene rings is 1. The fourth-order valence-electron chi connectivity index (χ4n) is 2.14. The molecule has 0 heterocycles. The first-order chi connectivity index (χ1) is 8.15. The van der Waals surface area contributed by atoms with Gasteiger partial charge in [-0.1, -0.05) is 18.9 Å². The molecule has 0 aliphatic heterocycles. The van der Waals surface area contributed by atoms with E-state index in [2.05, 4.69) is 10.6 Å². The Labute approximate surface area is 100 Å². The molecule has 0 bridgehead atoms. The predicted molar refractivity (Wildman–Crippen MR) is 65.5 cm³/mol. The van der Waals surface area contributed by atoms with Gasteiger partial charge in [-0.3, -0.25) is 0 Å². The quantitative estimate of drug-likeness (QED) is 0.813. The van der Waals surface area contributed by atoms with Crippen molar-refractivity contribution in [3.63, 3.8) is 0 Å². The summed E-state index contributed by atoms with van der Waals surface area (Å²) in [6.07, 6.45) is 4.35. The van der Waals surface area contributed by atoms with E-state index < -0.39 is 5.82 Å². The summed E-state index contributed by atoms with van der Waals surface area (Å²) in [4.78, 5) is 11.6. The molecule has 0 radical (unpaired) electrons. The maximum Gasteiger partial charge on any atom is 0.319 e. The van der Waals surface area contributed by atoms with Crippen molar-refractivity contribution >= 4 is 11.7 Å². The smallest absolute Gasteiger partial charge is 0.319 e. The van der Waals surface area contributed by atoms with E-state index in [0.29, 0.717) is 0 Å². The van der Waals surface area contributed by atoms with Gasteiger partial charge >= 0.3 is 6.03 Å². The minimum absolute atomic E-state index is 0.228. The molecule has 1 fully saturated rings. The SMILES string of the molecule is Cc1ccc(NC(=O)NC2CCCC2)c(F)c1. The molecule has 4 heteroatoms. The average Bonchev–Trinajstić information content (AvgIpc) is 2.75. The second-order valence-corrected chi connectivity index (χ2v) is 4.56. The Hall–Kier alpha value is -1.58. The van der Waals surface area contributed by atoms with Crippen molar-refractivity contribution in [3.05, 3.63) is 29.6 Å². The van der Waals surface area contributed by atoms with Crippen LogP contribution in [-0.4, -0.2) is 12.1 Å². The highest BCUT2D eigenvalue weighted by Crippen LogP contribution is 2.18. The summed E-state index contributed by atoms with van der Waals surface area (Å²) in [6, 6.07) is 4.68. The molecule has 1 saturated carbocycles. The van der Waals surface area contributed by atoms with Crippen LogP contribution in [-0.2, 0) is 0 Å². The van der Waals surface area contributed by atoms with Gasteiger partial charge in [0.1, 0.15) is 5.82 Å². The Morgan fingerprint density at radius 3 is 2.71 bits per heavy atom. The van der Waals surface area contributed by atoms with Crippen LogP contribution in [0.2, 0.25) is 0 Å². The highest BCUT2D eigenvalue weighted by molar-refractivity contribution is 5.89. The highest BCUT2D eigenvalue weighted by Gasteiger charge is 2.17. The fraction of sp³-hybridized carbons (Fsp3) is 0.462. The van der Waals surface area contributed by atoms with Crippen LogP contribution in [0.4, 0.5) is 14.9 Å². The molecule has 0 spiro atoms. The van der Waals surface area contributed by atoms with Crippen molar-refractivity contribution in [2.45, 2.75) is 38.6 Å². The standard InChI is InChI=1S/C13H17FN2O/c1-9-6-7-12(11(14)8-9)16-13(17)15-10-4-2-3-5-10/h6-8,10H,2-5H2,1H3,(H2,15,16,17). The lowest BCUT2D eigenvalue weighted by molar-refractivity contribution is 0.248. The summed E-state index contributed by atoms with van der Waals surface area (Å²) >= 11 is 0. The minimum atomic E-state index is -0.397. The number of anilines is 1. The first-order valence-electron chi connectivity index (χ1n) is 5.99. The maximum atomic E-state index is 13.5. The van der Waals surface area contributed by atoms with Gasteiger partial charge < -0.3 is 10.6 Å². The van der Waals surface area contributed by atoms with E-state index in [4.69, 9.17) is 0 Å². The van der Waals surface area contributed by atoms with Crippen molar-refractivity contribution in [2.75, 3.05) is 5.32 Å². The van der Waals surface area contributed by atoms with E-state index in [-0.39, 0.29) is 17.8 Å². The van der Waals surface area contributed by atoms with Crippen LogP contribution in [0.3, 0.4) is 0 Å². The Bertz CT molecular complexity index is 414. The summed E-state index contributed by atoms with van der Waals surface area (Å²) in [5.41, 5.74) is 1.07. The number of rotatable bonds is 2. The van der Waals surface area contributed by atoms with Crippen molar-refractivity contribution in [1.29, 1.82) is 0 Å². The lowest BCUT2D eigenvalue weighted by Crippen LogP contribution is -2.36. The topological polar surface area (TPSA) is 41.1 Å². The van der Waals surface area contributed by atoms with E-state index in [9.17, 15) is 9.18 Å². The molecular formula is C13H17FN2O. The third-order valence-electron chi connectivity index (χ3n) is 3.06. The molecule has 0 atom stereocenters. The first-order valence-corrected chi connectivity index (χ1v) is 5.99. The molecule has 2 rings (SSSR count). The molecule has 0 saturated heterocycles. The van der Waals surface area contributed by atoms with Crippen LogP contribution in [0.25, 0.3) is 0 Å². The molecule has 1 aromatic rings. The third-order valence-corrected chi connectivity index (χ3v) is 3.06. The summed E-state index contributed by atoms with van der Waals surface area (Å²) < 4.78 is 13.5. The number of amides is 2. The third kappa shape index (κ3) is 3.19. The largest absolute Gasteiger partial charge is 0.335 e. The second-order valence-electron chi connectivity index (χ2n) is 4.56. The van der Waals surface area contributed by atoms with Gasteiger partial charge in [0.25, 0.3) is 0 Å². The number of nitrogens with one attached hydrogen (secondary N) is 2. The van der Waals surface area contributed by atoms with Crippen LogP contribution in [0, 0.1) is 12.7 Å². The van der Waals surface area contributed by atoms with Crippen LogP contribution in [0.15, 0.2) is 18.2 Å². The van der Waals surface area contributed by atoms with Crippen LogP contribution >= 0.6 is 0 Å². The van der Waals surface area contributed by atoms with Gasteiger partial charge in [0, 0.05) is 6.04 Å². The number of halogens is 1. The number of aryl methyl sites for hydroxylation is 1. The van der Waals surface area contributed by atoms with Gasteiger partial charge in [0.15, 0.2) is 0 Å². The minimum Gasteiger partial charge on any atom is -0.335 e. The summed E-state index contributed by atoms with van der Waals surface area (Å²) in [5.74, 6) is -0.397. The zero-order valence-electron chi connectivity index (χ0n) is 9.92. The molecule has 2 amide bonds. The van der Waals surface area contributed by atoms with E-state index >= 15 is 0 Å². The number of hydrogen-bond donors (Lipinski definition) is 2. The van der Waals surface area contributed by atoms with Crippen LogP contribution in [0.5, 0.6) is 0 Å². The van der Waals surface area contributed by atoms with Crippen molar-refractivity contribution in [3.8, 4) is 0 Å². The Morgan fingerprint density at radius 2 is 2.06 bits per heavy atom. The predicted octanol–water partition coefficient (Wildman–Crippen LogP) is 3.20. The molecule has 1 aliphatic rings. The lowest BCUT2D eigenvalue weighted by atomic mass is 10.2. The molecule has 0 unspecified atom stereocenters. The van der Waals surface area contributed by atoms with Gasteiger partial charge in [0.05, 0.1) is 5.69 Å². The number of urea groups is 1. The molecule has 3 nitrogen and oxygen atoms in total. The van der Waals surface area contributed by atoms with Gasteiger partial charge in [-0.05, 0) is 37.5 Å². The molecule has 0 aromatic heterocycles.